The number of guanidine groups is 1. The minimum atomic E-state index is 0.439. The summed E-state index contributed by atoms with van der Waals surface area (Å²) in [4.78, 5) is 8.73. The fraction of sp³-hybridized carbons (Fsp3) is 0.812. The van der Waals surface area contributed by atoms with Crippen molar-refractivity contribution in [1.82, 2.24) is 20.8 Å². The van der Waals surface area contributed by atoms with Crippen molar-refractivity contribution in [2.75, 3.05) is 6.54 Å². The van der Waals surface area contributed by atoms with Crippen molar-refractivity contribution < 1.29 is 4.52 Å². The van der Waals surface area contributed by atoms with Gasteiger partial charge in [0.1, 0.15) is 6.54 Å². The molecule has 0 unspecified atom stereocenters. The molecule has 1 aliphatic carbocycles. The molecule has 1 fully saturated rings. The fourth-order valence-corrected chi connectivity index (χ4v) is 3.00. The molecule has 0 atom stereocenters. The topological polar surface area (TPSA) is 75.3 Å². The van der Waals surface area contributed by atoms with Gasteiger partial charge < -0.3 is 15.2 Å². The molecule has 6 nitrogen and oxygen atoms in total. The first-order chi connectivity index (χ1) is 10.6. The van der Waals surface area contributed by atoms with Gasteiger partial charge in [0, 0.05) is 19.5 Å². The number of aryl methyl sites for hydroxylation is 1. The summed E-state index contributed by atoms with van der Waals surface area (Å²) < 4.78 is 4.97. The monoisotopic (exact) mass is 307 g/mol. The van der Waals surface area contributed by atoms with Gasteiger partial charge >= 0.3 is 0 Å². The smallest absolute Gasteiger partial charge is 0.223 e. The summed E-state index contributed by atoms with van der Waals surface area (Å²) in [6, 6.07) is 0.514. The molecule has 1 heterocycles. The lowest BCUT2D eigenvalue weighted by molar-refractivity contribution is 0.250. The number of aromatic nitrogens is 2. The number of hydrogen-bond donors (Lipinski definition) is 2. The highest BCUT2D eigenvalue weighted by Gasteiger charge is 2.23. The summed E-state index contributed by atoms with van der Waals surface area (Å²) in [5.41, 5.74) is 0. The molecule has 1 aromatic rings. The first kappa shape index (κ1) is 16.8. The number of hydrogen-bond acceptors (Lipinski definition) is 4. The van der Waals surface area contributed by atoms with E-state index >= 15 is 0 Å². The Morgan fingerprint density at radius 2 is 2.05 bits per heavy atom. The van der Waals surface area contributed by atoms with Crippen molar-refractivity contribution in [1.29, 1.82) is 0 Å². The minimum absolute atomic E-state index is 0.439. The van der Waals surface area contributed by atoms with Gasteiger partial charge in [-0.05, 0) is 44.4 Å². The van der Waals surface area contributed by atoms with E-state index in [2.05, 4.69) is 46.5 Å². The van der Waals surface area contributed by atoms with Gasteiger partial charge in [-0.3, -0.25) is 0 Å². The highest BCUT2D eigenvalue weighted by atomic mass is 16.5. The highest BCUT2D eigenvalue weighted by molar-refractivity contribution is 5.80. The van der Waals surface area contributed by atoms with Crippen LogP contribution in [0.15, 0.2) is 9.52 Å². The van der Waals surface area contributed by atoms with Crippen molar-refractivity contribution in [3.05, 3.63) is 11.7 Å². The van der Waals surface area contributed by atoms with Gasteiger partial charge in [-0.25, -0.2) is 4.99 Å². The van der Waals surface area contributed by atoms with Crippen LogP contribution in [0.4, 0.5) is 0 Å². The maximum atomic E-state index is 4.97. The van der Waals surface area contributed by atoms with E-state index in [0.717, 1.165) is 24.3 Å². The first-order valence-electron chi connectivity index (χ1n) is 8.42. The summed E-state index contributed by atoms with van der Waals surface area (Å²) in [6.07, 6.45) is 5.04. The second-order valence-corrected chi connectivity index (χ2v) is 6.42. The molecule has 0 amide bonds. The Morgan fingerprint density at radius 3 is 2.59 bits per heavy atom. The van der Waals surface area contributed by atoms with Crippen molar-refractivity contribution in [3.63, 3.8) is 0 Å². The SMILES string of the molecule is CCNC(=NCc1noc(C)n1)NC1CCC(C(C)C)CC1. The lowest BCUT2D eigenvalue weighted by Gasteiger charge is -2.32. The van der Waals surface area contributed by atoms with Crippen LogP contribution >= 0.6 is 0 Å². The lowest BCUT2D eigenvalue weighted by Crippen LogP contribution is -2.45. The second-order valence-electron chi connectivity index (χ2n) is 6.42. The van der Waals surface area contributed by atoms with Crippen LogP contribution in [0.5, 0.6) is 0 Å². The van der Waals surface area contributed by atoms with E-state index in [1.807, 2.05) is 0 Å². The van der Waals surface area contributed by atoms with Crippen LogP contribution in [0, 0.1) is 18.8 Å². The summed E-state index contributed by atoms with van der Waals surface area (Å²) in [5.74, 6) is 3.72. The van der Waals surface area contributed by atoms with Crippen molar-refractivity contribution in [2.45, 2.75) is 66.0 Å². The molecule has 0 aliphatic heterocycles. The molecule has 0 aromatic carbocycles. The Balaban J connectivity index is 1.86. The van der Waals surface area contributed by atoms with Crippen LogP contribution in [0.25, 0.3) is 0 Å². The Kier molecular flexibility index (Phi) is 6.21. The van der Waals surface area contributed by atoms with Gasteiger partial charge in [0.05, 0.1) is 0 Å². The maximum Gasteiger partial charge on any atom is 0.223 e. The average Bonchev–Trinajstić information content (AvgIpc) is 2.91. The van der Waals surface area contributed by atoms with Crippen LogP contribution in [-0.4, -0.2) is 28.7 Å². The number of rotatable bonds is 5. The van der Waals surface area contributed by atoms with Crippen molar-refractivity contribution in [2.24, 2.45) is 16.8 Å². The number of aliphatic imine (C=N–C) groups is 1. The number of nitrogens with one attached hydrogen (secondary N) is 2. The molecule has 0 radical (unpaired) electrons. The Morgan fingerprint density at radius 1 is 1.32 bits per heavy atom. The third kappa shape index (κ3) is 5.00. The van der Waals surface area contributed by atoms with Gasteiger partial charge in [-0.1, -0.05) is 19.0 Å². The molecule has 1 aliphatic rings. The molecule has 22 heavy (non-hydrogen) atoms. The Hall–Kier alpha value is -1.59. The van der Waals surface area contributed by atoms with E-state index in [-0.39, 0.29) is 0 Å². The predicted molar refractivity (Wildman–Crippen MR) is 87.6 cm³/mol. The van der Waals surface area contributed by atoms with E-state index < -0.39 is 0 Å². The Labute approximate surface area is 133 Å². The van der Waals surface area contributed by atoms with Crippen LogP contribution in [0.1, 0.15) is 58.2 Å². The molecule has 1 saturated carbocycles. The largest absolute Gasteiger partial charge is 0.357 e. The third-order valence-electron chi connectivity index (χ3n) is 4.35. The molecule has 0 saturated heterocycles. The van der Waals surface area contributed by atoms with E-state index in [0.29, 0.717) is 24.3 Å². The van der Waals surface area contributed by atoms with Crippen molar-refractivity contribution in [3.8, 4) is 0 Å². The summed E-state index contributed by atoms with van der Waals surface area (Å²) in [7, 11) is 0. The Bertz CT molecular complexity index is 475. The van der Waals surface area contributed by atoms with E-state index in [9.17, 15) is 0 Å². The molecule has 0 spiro atoms. The molecular formula is C16H29N5O. The zero-order valence-electron chi connectivity index (χ0n) is 14.2. The fourth-order valence-electron chi connectivity index (χ4n) is 3.00. The molecule has 1 aromatic heterocycles. The molecule has 2 N–H and O–H groups in total. The van der Waals surface area contributed by atoms with Crippen LogP contribution < -0.4 is 10.6 Å². The molecular weight excluding hydrogens is 278 g/mol. The van der Waals surface area contributed by atoms with Gasteiger partial charge in [0.25, 0.3) is 0 Å². The van der Waals surface area contributed by atoms with Gasteiger partial charge in [0.2, 0.25) is 5.89 Å². The third-order valence-corrected chi connectivity index (χ3v) is 4.35. The summed E-state index contributed by atoms with van der Waals surface area (Å²) in [5, 5.41) is 10.7. The zero-order valence-corrected chi connectivity index (χ0v) is 14.2. The summed E-state index contributed by atoms with van der Waals surface area (Å²) in [6.45, 7) is 9.81. The second kappa shape index (κ2) is 8.15. The standard InChI is InChI=1S/C16H29N5O/c1-5-17-16(18-10-15-19-12(4)22-21-15)20-14-8-6-13(7-9-14)11(2)3/h11,13-14H,5-10H2,1-4H3,(H2,17,18,20). The molecule has 2 rings (SSSR count). The van der Waals surface area contributed by atoms with Gasteiger partial charge in [-0.2, -0.15) is 4.98 Å². The predicted octanol–water partition coefficient (Wildman–Crippen LogP) is 2.65. The normalized spacial score (nSPS) is 22.9. The lowest BCUT2D eigenvalue weighted by atomic mass is 9.80. The zero-order chi connectivity index (χ0) is 15.9. The van der Waals surface area contributed by atoms with Crippen molar-refractivity contribution >= 4 is 5.96 Å². The molecule has 6 heteroatoms. The minimum Gasteiger partial charge on any atom is -0.357 e. The van der Waals surface area contributed by atoms with Gasteiger partial charge in [-0.15, -0.1) is 0 Å². The molecule has 0 bridgehead atoms. The average molecular weight is 307 g/mol. The molecule has 124 valence electrons. The van der Waals surface area contributed by atoms with Crippen LogP contribution in [0.3, 0.4) is 0 Å². The quantitative estimate of drug-likeness (QED) is 0.646. The maximum absolute atomic E-state index is 4.97. The van der Waals surface area contributed by atoms with E-state index in [4.69, 9.17) is 4.52 Å². The van der Waals surface area contributed by atoms with Crippen LogP contribution in [0.2, 0.25) is 0 Å². The first-order valence-corrected chi connectivity index (χ1v) is 8.42. The van der Waals surface area contributed by atoms with Gasteiger partial charge in [0.15, 0.2) is 11.8 Å². The van der Waals surface area contributed by atoms with E-state index in [1.165, 1.54) is 25.7 Å². The van der Waals surface area contributed by atoms with Crippen LogP contribution in [-0.2, 0) is 6.54 Å². The van der Waals surface area contributed by atoms with E-state index in [1.54, 1.807) is 6.92 Å². The number of nitrogens with zero attached hydrogens (tertiary/aromatic N) is 3. The summed E-state index contributed by atoms with van der Waals surface area (Å²) >= 11 is 0. The highest BCUT2D eigenvalue weighted by Crippen LogP contribution is 2.29.